The Balaban J connectivity index is 1.82. The molecule has 0 aliphatic carbocycles. The zero-order chi connectivity index (χ0) is 17.5. The summed E-state index contributed by atoms with van der Waals surface area (Å²) in [6.07, 6.45) is -4.21. The van der Waals surface area contributed by atoms with Crippen molar-refractivity contribution in [2.75, 3.05) is 19.7 Å². The highest BCUT2D eigenvalue weighted by Gasteiger charge is 2.54. The van der Waals surface area contributed by atoms with Crippen LogP contribution in [0.15, 0.2) is 0 Å². The average molecular weight is 337 g/mol. The number of piperidine rings is 1. The molecule has 9 heteroatoms. The molecule has 0 aromatic heterocycles. The van der Waals surface area contributed by atoms with Gasteiger partial charge in [0.2, 0.25) is 0 Å². The van der Waals surface area contributed by atoms with Gasteiger partial charge in [-0.1, -0.05) is 0 Å². The van der Waals surface area contributed by atoms with E-state index in [1.54, 1.807) is 0 Å². The van der Waals surface area contributed by atoms with Gasteiger partial charge < -0.3 is 18.9 Å². The van der Waals surface area contributed by atoms with Crippen molar-refractivity contribution in [1.29, 1.82) is 0 Å². The number of rotatable bonds is 2. The van der Waals surface area contributed by atoms with Crippen LogP contribution in [-0.4, -0.2) is 55.2 Å². The molecule has 0 atom stereocenters. The maximum Gasteiger partial charge on any atom is 0.461 e. The Morgan fingerprint density at radius 2 is 1.65 bits per heavy atom. The molecule has 0 aromatic carbocycles. The summed E-state index contributed by atoms with van der Waals surface area (Å²) in [7, 11) is -0.353. The third kappa shape index (κ3) is 4.32. The van der Waals surface area contributed by atoms with Crippen molar-refractivity contribution in [1.82, 2.24) is 4.90 Å². The van der Waals surface area contributed by atoms with Crippen LogP contribution >= 0.6 is 0 Å². The van der Waals surface area contributed by atoms with Crippen LogP contribution in [-0.2, 0) is 14.0 Å². The minimum atomic E-state index is -4.50. The van der Waals surface area contributed by atoms with Crippen molar-refractivity contribution >= 4 is 13.2 Å². The normalized spacial score (nSPS) is 24.8. The lowest BCUT2D eigenvalue weighted by Crippen LogP contribution is -2.42. The van der Waals surface area contributed by atoms with Crippen molar-refractivity contribution < 1.29 is 32.0 Å². The third-order valence-electron chi connectivity index (χ3n) is 4.81. The third-order valence-corrected chi connectivity index (χ3v) is 4.81. The van der Waals surface area contributed by atoms with Crippen LogP contribution in [0.2, 0.25) is 5.82 Å². The van der Waals surface area contributed by atoms with E-state index in [0.717, 1.165) is 0 Å². The van der Waals surface area contributed by atoms with Crippen LogP contribution < -0.4 is 0 Å². The Bertz CT molecular complexity index is 432. The number of amides is 1. The van der Waals surface area contributed by atoms with Gasteiger partial charge in [-0.15, -0.1) is 0 Å². The number of halogens is 3. The highest BCUT2D eigenvalue weighted by atomic mass is 19.4. The van der Waals surface area contributed by atoms with Crippen molar-refractivity contribution in [3.63, 3.8) is 0 Å². The molecule has 0 aromatic rings. The molecule has 5 nitrogen and oxygen atoms in total. The minimum absolute atomic E-state index is 0.114. The molecule has 2 rings (SSSR count). The maximum absolute atomic E-state index is 12.1. The van der Waals surface area contributed by atoms with Gasteiger partial charge in [-0.2, -0.15) is 13.2 Å². The second-order valence-corrected chi connectivity index (χ2v) is 7.12. The molecular formula is C14H23BF3NO4. The van der Waals surface area contributed by atoms with Gasteiger partial charge in [-0.05, 0) is 46.4 Å². The van der Waals surface area contributed by atoms with Crippen LogP contribution in [0.5, 0.6) is 0 Å². The predicted molar refractivity (Wildman–Crippen MR) is 78.0 cm³/mol. The number of hydrogen-bond acceptors (Lipinski definition) is 4. The monoisotopic (exact) mass is 337 g/mol. The van der Waals surface area contributed by atoms with Gasteiger partial charge in [0.15, 0.2) is 6.61 Å². The van der Waals surface area contributed by atoms with Gasteiger partial charge in [-0.25, -0.2) is 4.79 Å². The van der Waals surface area contributed by atoms with Gasteiger partial charge >= 0.3 is 19.4 Å². The Hall–Kier alpha value is -0.955. The number of carbonyl (C=O) groups is 1. The van der Waals surface area contributed by atoms with E-state index in [1.165, 1.54) is 4.90 Å². The molecule has 0 bridgehead atoms. The highest BCUT2D eigenvalue weighted by molar-refractivity contribution is 6.47. The van der Waals surface area contributed by atoms with Gasteiger partial charge in [0.25, 0.3) is 0 Å². The molecule has 0 radical (unpaired) electrons. The molecule has 0 spiro atoms. The molecule has 2 fully saturated rings. The molecule has 23 heavy (non-hydrogen) atoms. The zero-order valence-electron chi connectivity index (χ0n) is 13.9. The zero-order valence-corrected chi connectivity index (χ0v) is 13.9. The summed E-state index contributed by atoms with van der Waals surface area (Å²) in [5.74, 6) is 0.114. The summed E-state index contributed by atoms with van der Waals surface area (Å²) in [4.78, 5) is 12.9. The van der Waals surface area contributed by atoms with Crippen molar-refractivity contribution in [3.05, 3.63) is 0 Å². The first-order chi connectivity index (χ1) is 10.4. The van der Waals surface area contributed by atoms with Gasteiger partial charge in [0.05, 0.1) is 11.2 Å². The van der Waals surface area contributed by atoms with Crippen molar-refractivity contribution in [3.8, 4) is 0 Å². The molecule has 2 aliphatic heterocycles. The lowest BCUT2D eigenvalue weighted by molar-refractivity contribution is -0.162. The molecule has 2 aliphatic rings. The molecule has 0 N–H and O–H groups in total. The number of hydrogen-bond donors (Lipinski definition) is 0. The van der Waals surface area contributed by atoms with E-state index in [0.29, 0.717) is 25.9 Å². The predicted octanol–water partition coefficient (Wildman–Crippen LogP) is 3.24. The van der Waals surface area contributed by atoms with Crippen LogP contribution in [0.4, 0.5) is 18.0 Å². The Kier molecular flexibility index (Phi) is 4.93. The van der Waals surface area contributed by atoms with E-state index in [4.69, 9.17) is 9.31 Å². The van der Waals surface area contributed by atoms with Gasteiger partial charge in [0, 0.05) is 13.1 Å². The fourth-order valence-electron chi connectivity index (χ4n) is 2.67. The van der Waals surface area contributed by atoms with E-state index in [1.807, 2.05) is 27.7 Å². The Morgan fingerprint density at radius 3 is 2.09 bits per heavy atom. The number of carbonyl (C=O) groups excluding carboxylic acids is 1. The van der Waals surface area contributed by atoms with E-state index < -0.39 is 30.1 Å². The first kappa shape index (κ1) is 18.4. The maximum atomic E-state index is 12.1. The minimum Gasteiger partial charge on any atom is -0.440 e. The summed E-state index contributed by atoms with van der Waals surface area (Å²) < 4.78 is 52.4. The number of alkyl halides is 3. The van der Waals surface area contributed by atoms with Gasteiger partial charge in [-0.3, -0.25) is 0 Å². The van der Waals surface area contributed by atoms with Crippen LogP contribution in [0, 0.1) is 0 Å². The fourth-order valence-corrected chi connectivity index (χ4v) is 2.67. The number of ether oxygens (including phenoxy) is 1. The standard InChI is InChI=1S/C14H23BF3NO4/c1-12(2)13(3,4)23-15(22-12)10-5-7-19(8-6-10)11(20)21-9-14(16,17)18/h10H,5-9H2,1-4H3. The molecule has 1 amide bonds. The van der Waals surface area contributed by atoms with Crippen LogP contribution in [0.1, 0.15) is 40.5 Å². The molecule has 132 valence electrons. The Morgan fingerprint density at radius 1 is 1.17 bits per heavy atom. The van der Waals surface area contributed by atoms with Crippen molar-refractivity contribution in [2.45, 2.75) is 63.7 Å². The molecule has 0 unspecified atom stereocenters. The van der Waals surface area contributed by atoms with Gasteiger partial charge in [0.1, 0.15) is 0 Å². The lowest BCUT2D eigenvalue weighted by atomic mass is 9.67. The first-order valence-electron chi connectivity index (χ1n) is 7.75. The summed E-state index contributed by atoms with van der Waals surface area (Å²) in [6, 6.07) is 0. The quantitative estimate of drug-likeness (QED) is 0.726. The summed E-state index contributed by atoms with van der Waals surface area (Å²) >= 11 is 0. The average Bonchev–Trinajstić information content (AvgIpc) is 2.64. The number of nitrogens with zero attached hydrogens (tertiary/aromatic N) is 1. The topological polar surface area (TPSA) is 48.0 Å². The van der Waals surface area contributed by atoms with Crippen LogP contribution in [0.3, 0.4) is 0 Å². The van der Waals surface area contributed by atoms with E-state index >= 15 is 0 Å². The SMILES string of the molecule is CC1(C)OB(C2CCN(C(=O)OCC(F)(F)F)CC2)OC1(C)C. The fraction of sp³-hybridized carbons (Fsp3) is 0.929. The first-order valence-corrected chi connectivity index (χ1v) is 7.75. The largest absolute Gasteiger partial charge is 0.461 e. The molecular weight excluding hydrogens is 314 g/mol. The van der Waals surface area contributed by atoms with Crippen molar-refractivity contribution in [2.24, 2.45) is 0 Å². The Labute approximate surface area is 134 Å². The van der Waals surface area contributed by atoms with Crippen LogP contribution in [0.25, 0.3) is 0 Å². The van der Waals surface area contributed by atoms with E-state index in [-0.39, 0.29) is 12.9 Å². The smallest absolute Gasteiger partial charge is 0.440 e. The second kappa shape index (κ2) is 6.16. The molecule has 0 saturated carbocycles. The van der Waals surface area contributed by atoms with E-state index in [2.05, 4.69) is 4.74 Å². The van der Waals surface area contributed by atoms with E-state index in [9.17, 15) is 18.0 Å². The molecule has 2 heterocycles. The summed E-state index contributed by atoms with van der Waals surface area (Å²) in [5.41, 5.74) is -0.832. The second-order valence-electron chi connectivity index (χ2n) is 7.12. The number of likely N-dealkylation sites (tertiary alicyclic amines) is 1. The summed E-state index contributed by atoms with van der Waals surface area (Å²) in [5, 5.41) is 0. The molecule has 2 saturated heterocycles. The lowest BCUT2D eigenvalue weighted by Gasteiger charge is -2.32. The highest BCUT2D eigenvalue weighted by Crippen LogP contribution is 2.42. The summed E-state index contributed by atoms with van der Waals surface area (Å²) in [6.45, 7) is 7.00.